The molecule has 1 aliphatic heterocycles. The van der Waals surface area contributed by atoms with Crippen LogP contribution in [-0.4, -0.2) is 40.9 Å². The standard InChI is InChI=1S/C23H22N4O4S/c1-2-31-23(30)15-5-7-19(8-6-15)27-13-17(10-20(27)28)21(29)25-12-18-14-32-22(26-18)16-4-3-9-24-11-16/h3-9,11,14,17H,2,10,12-13H2,1H3,(H,25,29). The van der Waals surface area contributed by atoms with Gasteiger partial charge in [-0.2, -0.15) is 0 Å². The minimum atomic E-state index is -0.441. The lowest BCUT2D eigenvalue weighted by Gasteiger charge is -2.17. The number of hydrogen-bond acceptors (Lipinski definition) is 7. The van der Waals surface area contributed by atoms with Crippen LogP contribution in [0.3, 0.4) is 0 Å². The van der Waals surface area contributed by atoms with Crippen molar-refractivity contribution in [2.45, 2.75) is 19.9 Å². The number of aromatic nitrogens is 2. The molecule has 0 spiro atoms. The van der Waals surface area contributed by atoms with Gasteiger partial charge in [-0.25, -0.2) is 9.78 Å². The average molecular weight is 451 g/mol. The number of carbonyl (C=O) groups excluding carboxylic acids is 3. The van der Waals surface area contributed by atoms with E-state index in [1.165, 1.54) is 11.3 Å². The van der Waals surface area contributed by atoms with Crippen LogP contribution in [0.1, 0.15) is 29.4 Å². The Kier molecular flexibility index (Phi) is 6.55. The predicted octanol–water partition coefficient (Wildman–Crippen LogP) is 3.05. The van der Waals surface area contributed by atoms with Crippen LogP contribution in [-0.2, 0) is 20.9 Å². The first-order valence-electron chi connectivity index (χ1n) is 10.2. The third-order valence-electron chi connectivity index (χ3n) is 5.09. The Morgan fingerprint density at radius 1 is 1.25 bits per heavy atom. The lowest BCUT2D eigenvalue weighted by atomic mass is 10.1. The SMILES string of the molecule is CCOC(=O)c1ccc(N2CC(C(=O)NCc3csc(-c4cccnc4)n3)CC2=O)cc1. The van der Waals surface area contributed by atoms with Crippen LogP contribution in [0.4, 0.5) is 5.69 Å². The molecule has 1 saturated heterocycles. The summed E-state index contributed by atoms with van der Waals surface area (Å²) in [6.45, 7) is 2.64. The summed E-state index contributed by atoms with van der Waals surface area (Å²) < 4.78 is 4.97. The van der Waals surface area contributed by atoms with Crippen molar-refractivity contribution in [2.24, 2.45) is 5.92 Å². The largest absolute Gasteiger partial charge is 0.462 e. The molecule has 1 atom stereocenters. The maximum atomic E-state index is 12.6. The number of esters is 1. The molecule has 3 heterocycles. The van der Waals surface area contributed by atoms with E-state index in [-0.39, 0.29) is 18.2 Å². The number of anilines is 1. The number of hydrogen-bond donors (Lipinski definition) is 1. The minimum absolute atomic E-state index is 0.124. The fraction of sp³-hybridized carbons (Fsp3) is 0.261. The molecule has 0 saturated carbocycles. The third kappa shape index (κ3) is 4.83. The van der Waals surface area contributed by atoms with Crippen molar-refractivity contribution in [1.82, 2.24) is 15.3 Å². The zero-order valence-electron chi connectivity index (χ0n) is 17.5. The van der Waals surface area contributed by atoms with Gasteiger partial charge in [0.15, 0.2) is 0 Å². The number of benzene rings is 1. The fourth-order valence-electron chi connectivity index (χ4n) is 3.46. The summed E-state index contributed by atoms with van der Waals surface area (Å²) in [7, 11) is 0. The number of amides is 2. The van der Waals surface area contributed by atoms with Crippen molar-refractivity contribution < 1.29 is 19.1 Å². The molecule has 1 unspecified atom stereocenters. The topological polar surface area (TPSA) is 101 Å². The monoisotopic (exact) mass is 450 g/mol. The highest BCUT2D eigenvalue weighted by atomic mass is 32.1. The van der Waals surface area contributed by atoms with Gasteiger partial charge in [-0.1, -0.05) is 0 Å². The van der Waals surface area contributed by atoms with Crippen molar-refractivity contribution in [1.29, 1.82) is 0 Å². The normalized spacial score (nSPS) is 15.6. The summed E-state index contributed by atoms with van der Waals surface area (Å²) >= 11 is 1.49. The quantitative estimate of drug-likeness (QED) is 0.555. The molecule has 1 fully saturated rings. The van der Waals surface area contributed by atoms with Gasteiger partial charge in [0.1, 0.15) is 5.01 Å². The summed E-state index contributed by atoms with van der Waals surface area (Å²) in [5.41, 5.74) is 2.77. The zero-order valence-corrected chi connectivity index (χ0v) is 18.3. The highest BCUT2D eigenvalue weighted by molar-refractivity contribution is 7.13. The number of nitrogens with zero attached hydrogens (tertiary/aromatic N) is 3. The number of thiazole rings is 1. The number of rotatable bonds is 7. The van der Waals surface area contributed by atoms with E-state index in [0.29, 0.717) is 30.9 Å². The summed E-state index contributed by atoms with van der Waals surface area (Å²) in [5.74, 6) is -1.15. The Hall–Kier alpha value is -3.59. The van der Waals surface area contributed by atoms with Crippen LogP contribution in [0.2, 0.25) is 0 Å². The van der Waals surface area contributed by atoms with Crippen LogP contribution in [0, 0.1) is 5.92 Å². The Morgan fingerprint density at radius 2 is 2.06 bits per heavy atom. The average Bonchev–Trinajstić information content (AvgIpc) is 3.45. The van der Waals surface area contributed by atoms with E-state index < -0.39 is 11.9 Å². The second-order valence-electron chi connectivity index (χ2n) is 7.28. The Morgan fingerprint density at radius 3 is 2.78 bits per heavy atom. The number of ether oxygens (including phenoxy) is 1. The van der Waals surface area contributed by atoms with Gasteiger partial charge in [0.2, 0.25) is 11.8 Å². The molecule has 0 radical (unpaired) electrons. The number of carbonyl (C=O) groups is 3. The van der Waals surface area contributed by atoms with Gasteiger partial charge in [-0.05, 0) is 43.3 Å². The van der Waals surface area contributed by atoms with Crippen LogP contribution >= 0.6 is 11.3 Å². The molecule has 0 bridgehead atoms. The zero-order chi connectivity index (χ0) is 22.5. The summed E-state index contributed by atoms with van der Waals surface area (Å²) in [5, 5.41) is 5.63. The van der Waals surface area contributed by atoms with Gasteiger partial charge < -0.3 is 15.0 Å². The van der Waals surface area contributed by atoms with Crippen molar-refractivity contribution in [2.75, 3.05) is 18.1 Å². The molecule has 3 aromatic rings. The Labute approximate surface area is 189 Å². The number of nitrogens with one attached hydrogen (secondary N) is 1. The molecule has 0 aliphatic carbocycles. The maximum absolute atomic E-state index is 12.6. The smallest absolute Gasteiger partial charge is 0.338 e. The van der Waals surface area contributed by atoms with E-state index in [9.17, 15) is 14.4 Å². The molecule has 1 aromatic carbocycles. The van der Waals surface area contributed by atoms with Crippen LogP contribution in [0.5, 0.6) is 0 Å². The van der Waals surface area contributed by atoms with Crippen LogP contribution in [0.15, 0.2) is 54.2 Å². The minimum Gasteiger partial charge on any atom is -0.462 e. The summed E-state index contributed by atoms with van der Waals surface area (Å²) in [4.78, 5) is 47.1. The predicted molar refractivity (Wildman–Crippen MR) is 120 cm³/mol. The van der Waals surface area contributed by atoms with Crippen molar-refractivity contribution in [3.8, 4) is 10.6 Å². The van der Waals surface area contributed by atoms with E-state index in [2.05, 4.69) is 15.3 Å². The summed E-state index contributed by atoms with van der Waals surface area (Å²) in [6, 6.07) is 10.4. The van der Waals surface area contributed by atoms with E-state index in [1.54, 1.807) is 48.5 Å². The van der Waals surface area contributed by atoms with Gasteiger partial charge in [0, 0.05) is 42.0 Å². The molecule has 2 amide bonds. The molecule has 1 aliphatic rings. The van der Waals surface area contributed by atoms with E-state index >= 15 is 0 Å². The molecule has 32 heavy (non-hydrogen) atoms. The molecular formula is C23H22N4O4S. The van der Waals surface area contributed by atoms with Crippen LogP contribution < -0.4 is 10.2 Å². The molecule has 2 aromatic heterocycles. The summed E-state index contributed by atoms with van der Waals surface area (Å²) in [6.07, 6.45) is 3.60. The van der Waals surface area contributed by atoms with Gasteiger partial charge in [0.25, 0.3) is 0 Å². The first-order valence-corrected chi connectivity index (χ1v) is 11.1. The van der Waals surface area contributed by atoms with E-state index in [1.807, 2.05) is 17.5 Å². The molecule has 9 heteroatoms. The van der Waals surface area contributed by atoms with Gasteiger partial charge >= 0.3 is 5.97 Å². The van der Waals surface area contributed by atoms with Crippen LogP contribution in [0.25, 0.3) is 10.6 Å². The molecule has 8 nitrogen and oxygen atoms in total. The Balaban J connectivity index is 1.33. The first-order chi connectivity index (χ1) is 15.5. The third-order valence-corrected chi connectivity index (χ3v) is 6.03. The second kappa shape index (κ2) is 9.69. The van der Waals surface area contributed by atoms with E-state index in [0.717, 1.165) is 16.3 Å². The molecule has 4 rings (SSSR count). The van der Waals surface area contributed by atoms with Gasteiger partial charge in [-0.3, -0.25) is 14.6 Å². The second-order valence-corrected chi connectivity index (χ2v) is 8.13. The van der Waals surface area contributed by atoms with Crippen molar-refractivity contribution in [3.63, 3.8) is 0 Å². The van der Waals surface area contributed by atoms with E-state index in [4.69, 9.17) is 4.74 Å². The van der Waals surface area contributed by atoms with Crippen molar-refractivity contribution in [3.05, 3.63) is 65.4 Å². The number of pyridine rings is 1. The van der Waals surface area contributed by atoms with Crippen molar-refractivity contribution >= 4 is 34.8 Å². The highest BCUT2D eigenvalue weighted by Crippen LogP contribution is 2.26. The fourth-order valence-corrected chi connectivity index (χ4v) is 4.27. The molecule has 1 N–H and O–H groups in total. The Bertz CT molecular complexity index is 1110. The maximum Gasteiger partial charge on any atom is 0.338 e. The lowest BCUT2D eigenvalue weighted by molar-refractivity contribution is -0.126. The highest BCUT2D eigenvalue weighted by Gasteiger charge is 2.35. The lowest BCUT2D eigenvalue weighted by Crippen LogP contribution is -2.32. The first kappa shape index (κ1) is 21.6. The molecular weight excluding hydrogens is 428 g/mol. The van der Waals surface area contributed by atoms with Gasteiger partial charge in [0.05, 0.1) is 30.3 Å². The van der Waals surface area contributed by atoms with Gasteiger partial charge in [-0.15, -0.1) is 11.3 Å². The molecule has 164 valence electrons.